The molecule has 0 aliphatic rings. The zero-order valence-corrected chi connectivity index (χ0v) is 13.0. The summed E-state index contributed by atoms with van der Waals surface area (Å²) < 4.78 is 5.41. The number of carbonyl (C=O) groups excluding carboxylic acids is 1. The lowest BCUT2D eigenvalue weighted by Gasteiger charge is -2.24. The normalized spacial score (nSPS) is 12.6. The molecule has 0 bridgehead atoms. The lowest BCUT2D eigenvalue weighted by Crippen LogP contribution is -2.27. The Hall–Kier alpha value is -2.29. The van der Waals surface area contributed by atoms with Crippen molar-refractivity contribution in [1.29, 1.82) is 0 Å². The van der Waals surface area contributed by atoms with Gasteiger partial charge >= 0.3 is 0 Å². The molecule has 1 heterocycles. The largest absolute Gasteiger partial charge is 0.462 e. The van der Waals surface area contributed by atoms with E-state index in [0.29, 0.717) is 5.76 Å². The second-order valence-corrected chi connectivity index (χ2v) is 5.32. The molecule has 3 nitrogen and oxygen atoms in total. The maximum atomic E-state index is 12.2. The molecule has 0 N–H and O–H groups in total. The van der Waals surface area contributed by atoms with Gasteiger partial charge in [-0.15, -0.1) is 0 Å². The van der Waals surface area contributed by atoms with Crippen molar-refractivity contribution >= 4 is 12.0 Å². The van der Waals surface area contributed by atoms with Gasteiger partial charge in [0.1, 0.15) is 11.5 Å². The van der Waals surface area contributed by atoms with Crippen LogP contribution in [0.15, 0.2) is 46.9 Å². The Balaban J connectivity index is 2.04. The lowest BCUT2D eigenvalue weighted by molar-refractivity contribution is -0.126. The van der Waals surface area contributed by atoms with Crippen molar-refractivity contribution in [3.63, 3.8) is 0 Å². The third-order valence-corrected chi connectivity index (χ3v) is 3.64. The number of hydrogen-bond acceptors (Lipinski definition) is 2. The van der Waals surface area contributed by atoms with E-state index in [1.807, 2.05) is 33.0 Å². The van der Waals surface area contributed by atoms with E-state index in [-0.39, 0.29) is 11.9 Å². The Morgan fingerprint density at radius 3 is 2.38 bits per heavy atom. The van der Waals surface area contributed by atoms with E-state index in [1.165, 1.54) is 5.56 Å². The van der Waals surface area contributed by atoms with Gasteiger partial charge in [-0.25, -0.2) is 0 Å². The Morgan fingerprint density at radius 1 is 1.14 bits per heavy atom. The Morgan fingerprint density at radius 2 is 1.81 bits per heavy atom. The molecular weight excluding hydrogens is 262 g/mol. The van der Waals surface area contributed by atoms with Crippen molar-refractivity contribution in [2.24, 2.45) is 0 Å². The van der Waals surface area contributed by atoms with E-state index in [4.69, 9.17) is 4.42 Å². The first-order chi connectivity index (χ1) is 9.97. The van der Waals surface area contributed by atoms with Gasteiger partial charge in [0, 0.05) is 13.1 Å². The van der Waals surface area contributed by atoms with E-state index in [1.54, 1.807) is 17.1 Å². The summed E-state index contributed by atoms with van der Waals surface area (Å²) in [5.41, 5.74) is 2.34. The summed E-state index contributed by atoms with van der Waals surface area (Å²) >= 11 is 0. The van der Waals surface area contributed by atoms with Crippen LogP contribution < -0.4 is 0 Å². The van der Waals surface area contributed by atoms with Gasteiger partial charge in [0.15, 0.2) is 0 Å². The zero-order valence-electron chi connectivity index (χ0n) is 13.0. The van der Waals surface area contributed by atoms with Gasteiger partial charge in [-0.2, -0.15) is 0 Å². The highest BCUT2D eigenvalue weighted by Gasteiger charge is 2.15. The average molecular weight is 283 g/mol. The number of carbonyl (C=O) groups is 1. The molecular formula is C18H21NO2. The number of hydrogen-bond donors (Lipinski definition) is 0. The first-order valence-corrected chi connectivity index (χ1v) is 7.05. The molecule has 0 saturated heterocycles. The van der Waals surface area contributed by atoms with Gasteiger partial charge in [0.2, 0.25) is 5.91 Å². The van der Waals surface area contributed by atoms with Crippen LogP contribution in [0.3, 0.4) is 0 Å². The van der Waals surface area contributed by atoms with Crippen molar-refractivity contribution in [1.82, 2.24) is 4.90 Å². The van der Waals surface area contributed by atoms with Gasteiger partial charge in [-0.3, -0.25) is 4.79 Å². The molecule has 1 aromatic carbocycles. The van der Waals surface area contributed by atoms with E-state index in [9.17, 15) is 4.79 Å². The minimum absolute atomic E-state index is 0.0288. The molecule has 3 heteroatoms. The second kappa shape index (κ2) is 6.44. The van der Waals surface area contributed by atoms with Crippen molar-refractivity contribution in [3.8, 4) is 0 Å². The highest BCUT2D eigenvalue weighted by molar-refractivity contribution is 5.91. The highest BCUT2D eigenvalue weighted by Crippen LogP contribution is 2.19. The molecule has 1 atom stereocenters. The van der Waals surface area contributed by atoms with E-state index in [0.717, 1.165) is 11.3 Å². The third kappa shape index (κ3) is 3.85. The van der Waals surface area contributed by atoms with Crippen LogP contribution in [0.1, 0.15) is 35.6 Å². The molecule has 0 radical (unpaired) electrons. The van der Waals surface area contributed by atoms with Gasteiger partial charge in [0.05, 0.1) is 6.04 Å². The molecule has 1 unspecified atom stereocenters. The van der Waals surface area contributed by atoms with Crippen LogP contribution >= 0.6 is 0 Å². The summed E-state index contributed by atoms with van der Waals surface area (Å²) in [6, 6.07) is 12.0. The molecule has 0 aliphatic heterocycles. The van der Waals surface area contributed by atoms with Crippen LogP contribution in [0.5, 0.6) is 0 Å². The van der Waals surface area contributed by atoms with Crippen LogP contribution in [0.2, 0.25) is 0 Å². The number of likely N-dealkylation sites (N-methyl/N-ethyl adjacent to an activating group) is 1. The number of aryl methyl sites for hydroxylation is 2. The van der Waals surface area contributed by atoms with E-state index < -0.39 is 0 Å². The first-order valence-electron chi connectivity index (χ1n) is 7.05. The first kappa shape index (κ1) is 15.1. The standard InChI is InChI=1S/C18H21NO2/c1-13-5-8-16(9-6-13)15(3)19(4)18(20)12-11-17-10-7-14(2)21-17/h5-12,15H,1-4H3/b12-11+. The summed E-state index contributed by atoms with van der Waals surface area (Å²) in [6.45, 7) is 5.95. The van der Waals surface area contributed by atoms with Crippen LogP contribution in [0, 0.1) is 13.8 Å². The van der Waals surface area contributed by atoms with Crippen LogP contribution in [-0.4, -0.2) is 17.9 Å². The number of furan rings is 1. The van der Waals surface area contributed by atoms with E-state index in [2.05, 4.69) is 31.2 Å². The predicted molar refractivity (Wildman–Crippen MR) is 84.8 cm³/mol. The summed E-state index contributed by atoms with van der Waals surface area (Å²) in [7, 11) is 1.81. The fraction of sp³-hybridized carbons (Fsp3) is 0.278. The molecule has 0 spiro atoms. The molecule has 2 aromatic rings. The van der Waals surface area contributed by atoms with E-state index >= 15 is 0 Å². The van der Waals surface area contributed by atoms with Gasteiger partial charge < -0.3 is 9.32 Å². The molecule has 2 rings (SSSR count). The fourth-order valence-electron chi connectivity index (χ4n) is 2.07. The maximum absolute atomic E-state index is 12.2. The molecule has 0 saturated carbocycles. The monoisotopic (exact) mass is 283 g/mol. The number of rotatable bonds is 4. The predicted octanol–water partition coefficient (Wildman–Crippen LogP) is 4.13. The Kier molecular flexibility index (Phi) is 4.63. The van der Waals surface area contributed by atoms with Crippen molar-refractivity contribution in [3.05, 3.63) is 65.1 Å². The molecule has 0 aliphatic carbocycles. The molecule has 0 fully saturated rings. The smallest absolute Gasteiger partial charge is 0.246 e. The van der Waals surface area contributed by atoms with Gasteiger partial charge in [0.25, 0.3) is 0 Å². The highest BCUT2D eigenvalue weighted by atomic mass is 16.3. The fourth-order valence-corrected chi connectivity index (χ4v) is 2.07. The second-order valence-electron chi connectivity index (χ2n) is 5.32. The Labute approximate surface area is 125 Å². The van der Waals surface area contributed by atoms with Crippen LogP contribution in [-0.2, 0) is 4.79 Å². The molecule has 110 valence electrons. The van der Waals surface area contributed by atoms with Gasteiger partial charge in [-0.05, 0) is 44.5 Å². The lowest BCUT2D eigenvalue weighted by atomic mass is 10.1. The topological polar surface area (TPSA) is 33.5 Å². The van der Waals surface area contributed by atoms with Crippen molar-refractivity contribution in [2.75, 3.05) is 7.05 Å². The van der Waals surface area contributed by atoms with Gasteiger partial charge in [-0.1, -0.05) is 29.8 Å². The maximum Gasteiger partial charge on any atom is 0.246 e. The van der Waals surface area contributed by atoms with Crippen molar-refractivity contribution < 1.29 is 9.21 Å². The molecule has 1 aromatic heterocycles. The minimum atomic E-state index is -0.0443. The molecule has 1 amide bonds. The SMILES string of the molecule is Cc1ccc(C(C)N(C)C(=O)/C=C/c2ccc(C)o2)cc1. The molecule has 21 heavy (non-hydrogen) atoms. The average Bonchev–Trinajstić information content (AvgIpc) is 2.89. The Bertz CT molecular complexity index is 637. The number of benzene rings is 1. The summed E-state index contributed by atoms with van der Waals surface area (Å²) in [5, 5.41) is 0. The summed E-state index contributed by atoms with van der Waals surface area (Å²) in [5.74, 6) is 1.48. The summed E-state index contributed by atoms with van der Waals surface area (Å²) in [4.78, 5) is 13.9. The zero-order chi connectivity index (χ0) is 15.4. The summed E-state index contributed by atoms with van der Waals surface area (Å²) in [6.07, 6.45) is 3.25. The quantitative estimate of drug-likeness (QED) is 0.790. The third-order valence-electron chi connectivity index (χ3n) is 3.64. The number of amides is 1. The van der Waals surface area contributed by atoms with Crippen molar-refractivity contribution in [2.45, 2.75) is 26.8 Å². The minimum Gasteiger partial charge on any atom is -0.462 e. The van der Waals surface area contributed by atoms with Crippen LogP contribution in [0.25, 0.3) is 6.08 Å². The van der Waals surface area contributed by atoms with Crippen LogP contribution in [0.4, 0.5) is 0 Å². The number of nitrogens with zero attached hydrogens (tertiary/aromatic N) is 1.